The average molecular weight is 274 g/mol. The zero-order valence-electron chi connectivity index (χ0n) is 14.4. The molecular formula is C19H30O. The molecule has 0 N–H and O–H groups in total. The van der Waals surface area contributed by atoms with E-state index >= 15 is 0 Å². The van der Waals surface area contributed by atoms with Gasteiger partial charge in [-0.3, -0.25) is 4.79 Å². The lowest BCUT2D eigenvalue weighted by molar-refractivity contribution is -0.114. The van der Waals surface area contributed by atoms with Gasteiger partial charge in [-0.2, -0.15) is 0 Å². The van der Waals surface area contributed by atoms with Crippen LogP contribution in [0.5, 0.6) is 0 Å². The Morgan fingerprint density at radius 1 is 1.00 bits per heavy atom. The van der Waals surface area contributed by atoms with Gasteiger partial charge >= 0.3 is 0 Å². The minimum absolute atomic E-state index is 0.0638. The Balaban J connectivity index is 3.40. The Labute approximate surface area is 124 Å². The number of carbonyl (C=O) groups is 1. The quantitative estimate of drug-likeness (QED) is 0.609. The molecule has 1 heteroatoms. The molecule has 1 rings (SSSR count). The predicted octanol–water partition coefficient (Wildman–Crippen LogP) is 5.49. The summed E-state index contributed by atoms with van der Waals surface area (Å²) in [7, 11) is 0. The molecule has 0 aliphatic heterocycles. The van der Waals surface area contributed by atoms with Crippen molar-refractivity contribution in [2.45, 2.75) is 61.8 Å². The maximum absolute atomic E-state index is 12.8. The average Bonchev–Trinajstić information content (AvgIpc) is 2.27. The first-order valence-electron chi connectivity index (χ1n) is 7.53. The number of Topliss-reactive ketones (excluding diaryl/α,β-unsaturated/α-hetero) is 1. The fraction of sp³-hybridized carbons (Fsp3) is 0.632. The normalized spacial score (nSPS) is 20.1. The molecule has 1 aliphatic rings. The molecule has 0 saturated heterocycles. The molecule has 0 saturated carbocycles. The van der Waals surface area contributed by atoms with Crippen LogP contribution in [0.25, 0.3) is 0 Å². The van der Waals surface area contributed by atoms with Gasteiger partial charge in [0.1, 0.15) is 0 Å². The summed E-state index contributed by atoms with van der Waals surface area (Å²) in [6.07, 6.45) is 9.57. The van der Waals surface area contributed by atoms with Gasteiger partial charge in [-0.25, -0.2) is 0 Å². The third kappa shape index (κ3) is 3.71. The van der Waals surface area contributed by atoms with Crippen molar-refractivity contribution in [1.29, 1.82) is 0 Å². The molecule has 0 heterocycles. The second-order valence-corrected chi connectivity index (χ2v) is 8.22. The number of ketones is 1. The van der Waals surface area contributed by atoms with E-state index in [1.54, 1.807) is 0 Å². The Hall–Kier alpha value is -1.11. The van der Waals surface area contributed by atoms with Crippen LogP contribution in [0.3, 0.4) is 0 Å². The van der Waals surface area contributed by atoms with Crippen LogP contribution in [0.15, 0.2) is 35.5 Å². The van der Waals surface area contributed by atoms with Crippen LogP contribution < -0.4 is 0 Å². The third-order valence-corrected chi connectivity index (χ3v) is 3.85. The largest absolute Gasteiger partial charge is 0.289 e. The van der Waals surface area contributed by atoms with Crippen LogP contribution in [0.4, 0.5) is 0 Å². The zero-order chi connectivity index (χ0) is 15.8. The lowest BCUT2D eigenvalue weighted by atomic mass is 9.66. The molecule has 0 unspecified atom stereocenters. The van der Waals surface area contributed by atoms with Crippen molar-refractivity contribution in [2.75, 3.05) is 0 Å². The Kier molecular flexibility index (Phi) is 4.53. The maximum Gasteiger partial charge on any atom is 0.185 e. The van der Waals surface area contributed by atoms with Gasteiger partial charge in [-0.15, -0.1) is 0 Å². The summed E-state index contributed by atoms with van der Waals surface area (Å²) in [5.41, 5.74) is 1.62. The van der Waals surface area contributed by atoms with Crippen molar-refractivity contribution in [3.05, 3.63) is 35.5 Å². The van der Waals surface area contributed by atoms with Gasteiger partial charge in [0.05, 0.1) is 0 Å². The first kappa shape index (κ1) is 16.9. The van der Waals surface area contributed by atoms with Crippen molar-refractivity contribution in [3.63, 3.8) is 0 Å². The summed E-state index contributed by atoms with van der Waals surface area (Å²) in [4.78, 5) is 12.8. The lowest BCUT2D eigenvalue weighted by Crippen LogP contribution is -2.32. The highest BCUT2D eigenvalue weighted by Crippen LogP contribution is 2.44. The third-order valence-electron chi connectivity index (χ3n) is 3.85. The van der Waals surface area contributed by atoms with E-state index < -0.39 is 0 Å². The molecule has 0 aromatic carbocycles. The maximum atomic E-state index is 12.8. The fourth-order valence-corrected chi connectivity index (χ4v) is 2.58. The molecule has 1 aliphatic carbocycles. The smallest absolute Gasteiger partial charge is 0.185 e. The highest BCUT2D eigenvalue weighted by molar-refractivity contribution is 6.10. The Morgan fingerprint density at radius 3 is 1.70 bits per heavy atom. The summed E-state index contributed by atoms with van der Waals surface area (Å²) in [6, 6.07) is 0. The fourth-order valence-electron chi connectivity index (χ4n) is 2.58. The van der Waals surface area contributed by atoms with Gasteiger partial charge < -0.3 is 0 Å². The van der Waals surface area contributed by atoms with Gasteiger partial charge in [0.25, 0.3) is 0 Å². The van der Waals surface area contributed by atoms with Crippen molar-refractivity contribution in [1.82, 2.24) is 0 Å². The van der Waals surface area contributed by atoms with E-state index in [9.17, 15) is 4.79 Å². The van der Waals surface area contributed by atoms with E-state index in [0.29, 0.717) is 0 Å². The number of hydrogen-bond acceptors (Lipinski definition) is 1. The van der Waals surface area contributed by atoms with Crippen LogP contribution in [0, 0.1) is 16.2 Å². The summed E-state index contributed by atoms with van der Waals surface area (Å²) in [6.45, 7) is 17.0. The van der Waals surface area contributed by atoms with Crippen LogP contribution in [-0.2, 0) is 4.79 Å². The second-order valence-electron chi connectivity index (χ2n) is 8.22. The first-order valence-corrected chi connectivity index (χ1v) is 7.53. The molecular weight excluding hydrogens is 244 g/mol. The van der Waals surface area contributed by atoms with Crippen LogP contribution in [0.1, 0.15) is 61.8 Å². The monoisotopic (exact) mass is 274 g/mol. The first-order chi connectivity index (χ1) is 8.91. The van der Waals surface area contributed by atoms with Gasteiger partial charge in [0, 0.05) is 16.6 Å². The van der Waals surface area contributed by atoms with Gasteiger partial charge in [0.2, 0.25) is 0 Å². The van der Waals surface area contributed by atoms with Crippen LogP contribution in [0.2, 0.25) is 0 Å². The molecule has 0 spiro atoms. The summed E-state index contributed by atoms with van der Waals surface area (Å²) in [5, 5.41) is 0. The molecule has 0 atom stereocenters. The highest BCUT2D eigenvalue weighted by Gasteiger charge is 2.38. The SMILES string of the molecule is C/C=C/CC1(C)C=C(C(C)(C)C)C(=O)C(C(C)(C)C)=C1. The second kappa shape index (κ2) is 5.35. The zero-order valence-corrected chi connectivity index (χ0v) is 14.4. The molecule has 0 fully saturated rings. The number of rotatable bonds is 2. The minimum atomic E-state index is -0.112. The molecule has 1 nitrogen and oxygen atoms in total. The van der Waals surface area contributed by atoms with E-state index in [0.717, 1.165) is 17.6 Å². The molecule has 0 aromatic rings. The van der Waals surface area contributed by atoms with E-state index in [-0.39, 0.29) is 22.0 Å². The molecule has 0 aromatic heterocycles. The lowest BCUT2D eigenvalue weighted by Gasteiger charge is -2.37. The highest BCUT2D eigenvalue weighted by atomic mass is 16.1. The number of carbonyl (C=O) groups excluding carboxylic acids is 1. The predicted molar refractivity (Wildman–Crippen MR) is 87.6 cm³/mol. The minimum Gasteiger partial charge on any atom is -0.289 e. The Morgan fingerprint density at radius 2 is 1.40 bits per heavy atom. The topological polar surface area (TPSA) is 17.1 Å². The molecule has 20 heavy (non-hydrogen) atoms. The summed E-state index contributed by atoms with van der Waals surface area (Å²) in [5.74, 6) is 0.225. The summed E-state index contributed by atoms with van der Waals surface area (Å²) < 4.78 is 0. The van der Waals surface area contributed by atoms with E-state index in [2.05, 4.69) is 72.8 Å². The van der Waals surface area contributed by atoms with E-state index in [1.165, 1.54) is 0 Å². The van der Waals surface area contributed by atoms with Crippen molar-refractivity contribution in [3.8, 4) is 0 Å². The van der Waals surface area contributed by atoms with Gasteiger partial charge in [-0.1, -0.05) is 72.8 Å². The number of hydrogen-bond donors (Lipinski definition) is 0. The molecule has 0 radical (unpaired) electrons. The molecule has 0 amide bonds. The standard InChI is InChI=1S/C19H30O/c1-9-10-11-19(8)12-14(17(2,3)4)16(20)15(13-19)18(5,6)7/h9-10,12-13H,11H2,1-8H3/b10-9+. The summed E-state index contributed by atoms with van der Waals surface area (Å²) >= 11 is 0. The number of allylic oxidation sites excluding steroid dienone is 6. The van der Waals surface area contributed by atoms with E-state index in [4.69, 9.17) is 0 Å². The van der Waals surface area contributed by atoms with Crippen molar-refractivity contribution in [2.24, 2.45) is 16.2 Å². The van der Waals surface area contributed by atoms with Crippen molar-refractivity contribution >= 4 is 5.78 Å². The molecule has 112 valence electrons. The Bertz CT molecular complexity index is 439. The van der Waals surface area contributed by atoms with Crippen LogP contribution in [-0.4, -0.2) is 5.78 Å². The van der Waals surface area contributed by atoms with Crippen LogP contribution >= 0.6 is 0 Å². The van der Waals surface area contributed by atoms with E-state index in [1.807, 2.05) is 6.92 Å². The molecule has 0 bridgehead atoms. The van der Waals surface area contributed by atoms with Gasteiger partial charge in [-0.05, 0) is 24.2 Å². The van der Waals surface area contributed by atoms with Gasteiger partial charge in [0.15, 0.2) is 5.78 Å². The van der Waals surface area contributed by atoms with Crippen molar-refractivity contribution < 1.29 is 4.79 Å².